The molecular weight excluding hydrogens is 502 g/mol. The van der Waals surface area contributed by atoms with Gasteiger partial charge in [0.05, 0.1) is 20.1 Å². The highest BCUT2D eigenvalue weighted by atomic mass is 16.5. The first-order valence-electron chi connectivity index (χ1n) is 13.8. The Hall–Kier alpha value is -4.13. The van der Waals surface area contributed by atoms with Crippen LogP contribution in [-0.4, -0.2) is 32.5 Å². The standard InChI is InChI=1S/C33H39N3O4/c1-6-35-30(34-36(32(35)39)22-24-12-16-28(17-13-24)33(2,3)4)9-7-8-23-10-14-26(15-11-23)27-18-25(20-31(37)38)19-29(21-27)40-5/h10-19,21H,6-9,20,22H2,1-5H3,(H,37,38). The summed E-state index contributed by atoms with van der Waals surface area (Å²) in [7, 11) is 1.58. The number of methoxy groups -OCH3 is 1. The Morgan fingerprint density at radius 1 is 0.900 bits per heavy atom. The number of hydrogen-bond donors (Lipinski definition) is 1. The first-order chi connectivity index (χ1) is 19.1. The molecule has 0 unspecified atom stereocenters. The van der Waals surface area contributed by atoms with Gasteiger partial charge in [0, 0.05) is 13.0 Å². The maximum atomic E-state index is 13.0. The van der Waals surface area contributed by atoms with Crippen molar-refractivity contribution in [2.45, 2.75) is 71.9 Å². The number of aromatic nitrogens is 3. The molecule has 0 bridgehead atoms. The summed E-state index contributed by atoms with van der Waals surface area (Å²) in [4.78, 5) is 24.2. The molecule has 4 rings (SSSR count). The molecule has 1 N–H and O–H groups in total. The van der Waals surface area contributed by atoms with E-state index in [9.17, 15) is 14.7 Å². The number of carbonyl (C=O) groups is 1. The lowest BCUT2D eigenvalue weighted by Gasteiger charge is -2.19. The summed E-state index contributed by atoms with van der Waals surface area (Å²) >= 11 is 0. The van der Waals surface area contributed by atoms with Crippen molar-refractivity contribution in [1.29, 1.82) is 0 Å². The molecule has 7 nitrogen and oxygen atoms in total. The molecule has 0 saturated carbocycles. The summed E-state index contributed by atoms with van der Waals surface area (Å²) in [5.74, 6) is 0.585. The molecule has 7 heteroatoms. The molecule has 210 valence electrons. The average molecular weight is 542 g/mol. The van der Waals surface area contributed by atoms with Crippen LogP contribution in [0.15, 0.2) is 71.5 Å². The van der Waals surface area contributed by atoms with E-state index in [1.54, 1.807) is 22.4 Å². The van der Waals surface area contributed by atoms with Crippen molar-refractivity contribution < 1.29 is 14.6 Å². The fourth-order valence-corrected chi connectivity index (χ4v) is 4.91. The molecule has 0 radical (unpaired) electrons. The van der Waals surface area contributed by atoms with Crippen molar-refractivity contribution in [3.8, 4) is 16.9 Å². The van der Waals surface area contributed by atoms with Crippen LogP contribution in [0, 0.1) is 0 Å². The third-order valence-electron chi connectivity index (χ3n) is 7.18. The molecular formula is C33H39N3O4. The molecule has 0 aliphatic carbocycles. The van der Waals surface area contributed by atoms with Gasteiger partial charge in [-0.25, -0.2) is 9.48 Å². The van der Waals surface area contributed by atoms with Gasteiger partial charge in [0.1, 0.15) is 11.6 Å². The summed E-state index contributed by atoms with van der Waals surface area (Å²) in [6.07, 6.45) is 2.40. The monoisotopic (exact) mass is 541 g/mol. The Balaban J connectivity index is 1.41. The lowest BCUT2D eigenvalue weighted by Crippen LogP contribution is -2.25. The summed E-state index contributed by atoms with van der Waals surface area (Å²) in [5.41, 5.74) is 6.18. The third-order valence-corrected chi connectivity index (χ3v) is 7.18. The van der Waals surface area contributed by atoms with Crippen molar-refractivity contribution in [2.24, 2.45) is 0 Å². The molecule has 0 atom stereocenters. The van der Waals surface area contributed by atoms with E-state index in [0.29, 0.717) is 24.4 Å². The Kier molecular flexibility index (Phi) is 8.93. The highest BCUT2D eigenvalue weighted by Gasteiger charge is 2.15. The molecule has 0 aliphatic rings. The Morgan fingerprint density at radius 3 is 2.17 bits per heavy atom. The van der Waals surface area contributed by atoms with Crippen molar-refractivity contribution >= 4 is 5.97 Å². The normalized spacial score (nSPS) is 11.5. The van der Waals surface area contributed by atoms with Gasteiger partial charge >= 0.3 is 11.7 Å². The summed E-state index contributed by atoms with van der Waals surface area (Å²) in [6.45, 7) is 9.61. The van der Waals surface area contributed by atoms with Gasteiger partial charge in [-0.3, -0.25) is 9.36 Å². The number of hydrogen-bond acceptors (Lipinski definition) is 4. The van der Waals surface area contributed by atoms with E-state index < -0.39 is 5.97 Å². The molecule has 3 aromatic carbocycles. The topological polar surface area (TPSA) is 86.3 Å². The van der Waals surface area contributed by atoms with Crippen LogP contribution in [0.25, 0.3) is 11.1 Å². The van der Waals surface area contributed by atoms with Crippen molar-refractivity contribution in [3.05, 3.63) is 105 Å². The van der Waals surface area contributed by atoms with Crippen LogP contribution in [0.5, 0.6) is 5.75 Å². The molecule has 1 aromatic heterocycles. The lowest BCUT2D eigenvalue weighted by molar-refractivity contribution is -0.136. The molecule has 0 aliphatic heterocycles. The predicted molar refractivity (Wildman–Crippen MR) is 158 cm³/mol. The molecule has 4 aromatic rings. The van der Waals surface area contributed by atoms with Gasteiger partial charge in [-0.1, -0.05) is 75.4 Å². The fourth-order valence-electron chi connectivity index (χ4n) is 4.91. The number of ether oxygens (including phenoxy) is 1. The van der Waals surface area contributed by atoms with E-state index >= 15 is 0 Å². The van der Waals surface area contributed by atoms with E-state index in [1.807, 2.05) is 19.1 Å². The highest BCUT2D eigenvalue weighted by Crippen LogP contribution is 2.27. The SMILES string of the molecule is CCn1c(CCCc2ccc(-c3cc(CC(=O)O)cc(OC)c3)cc2)nn(Cc2ccc(C(C)(C)C)cc2)c1=O. The largest absolute Gasteiger partial charge is 0.497 e. The fraction of sp³-hybridized carbons (Fsp3) is 0.364. The molecule has 0 saturated heterocycles. The number of nitrogens with zero attached hydrogens (tertiary/aromatic N) is 3. The Bertz CT molecular complexity index is 1510. The quantitative estimate of drug-likeness (QED) is 0.256. The van der Waals surface area contributed by atoms with Gasteiger partial charge in [0.15, 0.2) is 0 Å². The van der Waals surface area contributed by atoms with Crippen LogP contribution in [0.4, 0.5) is 0 Å². The van der Waals surface area contributed by atoms with E-state index in [0.717, 1.165) is 41.8 Å². The zero-order chi connectivity index (χ0) is 28.9. The number of aryl methyl sites for hydroxylation is 2. The van der Waals surface area contributed by atoms with Crippen LogP contribution in [0.2, 0.25) is 0 Å². The van der Waals surface area contributed by atoms with Gasteiger partial charge < -0.3 is 9.84 Å². The van der Waals surface area contributed by atoms with Crippen molar-refractivity contribution in [2.75, 3.05) is 7.11 Å². The van der Waals surface area contributed by atoms with Crippen LogP contribution in [0.1, 0.15) is 62.2 Å². The number of benzene rings is 3. The van der Waals surface area contributed by atoms with E-state index in [2.05, 4.69) is 69.3 Å². The number of carboxylic acids is 1. The molecule has 0 fully saturated rings. The smallest absolute Gasteiger partial charge is 0.346 e. The van der Waals surface area contributed by atoms with Crippen molar-refractivity contribution in [3.63, 3.8) is 0 Å². The number of carboxylic acid groups (broad SMARTS) is 1. The average Bonchev–Trinajstić information content (AvgIpc) is 3.21. The maximum absolute atomic E-state index is 13.0. The van der Waals surface area contributed by atoms with Gasteiger partial charge in [-0.15, -0.1) is 0 Å². The van der Waals surface area contributed by atoms with E-state index in [4.69, 9.17) is 9.84 Å². The molecule has 0 spiro atoms. The second kappa shape index (κ2) is 12.4. The van der Waals surface area contributed by atoms with Crippen LogP contribution >= 0.6 is 0 Å². The van der Waals surface area contributed by atoms with Gasteiger partial charge in [-0.2, -0.15) is 5.10 Å². The van der Waals surface area contributed by atoms with Crippen LogP contribution in [-0.2, 0) is 42.6 Å². The van der Waals surface area contributed by atoms with Crippen LogP contribution < -0.4 is 10.4 Å². The Labute approximate surface area is 236 Å². The van der Waals surface area contributed by atoms with E-state index in [1.165, 1.54) is 11.1 Å². The van der Waals surface area contributed by atoms with Gasteiger partial charge in [0.2, 0.25) is 0 Å². The second-order valence-corrected chi connectivity index (χ2v) is 11.2. The molecule has 40 heavy (non-hydrogen) atoms. The lowest BCUT2D eigenvalue weighted by atomic mass is 9.87. The minimum atomic E-state index is -0.873. The summed E-state index contributed by atoms with van der Waals surface area (Å²) < 4.78 is 8.72. The Morgan fingerprint density at radius 2 is 1.57 bits per heavy atom. The third kappa shape index (κ3) is 7.08. The van der Waals surface area contributed by atoms with Crippen LogP contribution in [0.3, 0.4) is 0 Å². The summed E-state index contributed by atoms with van der Waals surface area (Å²) in [6, 6.07) is 22.3. The summed E-state index contributed by atoms with van der Waals surface area (Å²) in [5, 5.41) is 13.9. The first kappa shape index (κ1) is 28.9. The van der Waals surface area contributed by atoms with Gasteiger partial charge in [-0.05, 0) is 70.7 Å². The highest BCUT2D eigenvalue weighted by molar-refractivity contribution is 5.73. The second-order valence-electron chi connectivity index (χ2n) is 11.2. The maximum Gasteiger partial charge on any atom is 0.346 e. The predicted octanol–water partition coefficient (Wildman–Crippen LogP) is 5.89. The van der Waals surface area contributed by atoms with E-state index in [-0.39, 0.29) is 17.5 Å². The minimum absolute atomic E-state index is 0.0512. The van der Waals surface area contributed by atoms with Gasteiger partial charge in [0.25, 0.3) is 0 Å². The first-order valence-corrected chi connectivity index (χ1v) is 13.8. The number of rotatable bonds is 11. The minimum Gasteiger partial charge on any atom is -0.497 e. The van der Waals surface area contributed by atoms with Crippen molar-refractivity contribution in [1.82, 2.24) is 14.3 Å². The molecule has 1 heterocycles. The zero-order valence-electron chi connectivity index (χ0n) is 24.1. The molecule has 0 amide bonds. The zero-order valence-corrected chi connectivity index (χ0v) is 24.1. The number of aliphatic carboxylic acids is 1.